The van der Waals surface area contributed by atoms with Crippen molar-refractivity contribution in [2.45, 2.75) is 44.6 Å². The third kappa shape index (κ3) is 2.01. The average Bonchev–Trinajstić information content (AvgIpc) is 2.51. The summed E-state index contributed by atoms with van der Waals surface area (Å²) in [5, 5.41) is 0.935. The fraction of sp³-hybridized carbons (Fsp3) is 0.900. The molecule has 2 aliphatic rings. The van der Waals surface area contributed by atoms with Crippen LogP contribution in [0, 0.1) is 0 Å². The maximum absolute atomic E-state index is 5.94. The summed E-state index contributed by atoms with van der Waals surface area (Å²) in [5.74, 6) is 1.13. The summed E-state index contributed by atoms with van der Waals surface area (Å²) in [7, 11) is 0. The summed E-state index contributed by atoms with van der Waals surface area (Å²) in [6.45, 7) is 2.90. The third-order valence-electron chi connectivity index (χ3n) is 2.81. The summed E-state index contributed by atoms with van der Waals surface area (Å²) < 4.78 is 5.94. The number of thioether (sulfide) groups is 1. The van der Waals surface area contributed by atoms with E-state index in [9.17, 15) is 0 Å². The van der Waals surface area contributed by atoms with E-state index in [1.54, 1.807) is 11.8 Å². The molecule has 1 aliphatic carbocycles. The Bertz CT molecular complexity index is 209. The van der Waals surface area contributed by atoms with Crippen LogP contribution in [0.25, 0.3) is 0 Å². The molecule has 1 saturated carbocycles. The molecule has 0 aromatic rings. The van der Waals surface area contributed by atoms with E-state index in [2.05, 4.69) is 11.9 Å². The fourth-order valence-electron chi connectivity index (χ4n) is 2.09. The van der Waals surface area contributed by atoms with E-state index in [1.807, 2.05) is 0 Å². The maximum Gasteiger partial charge on any atom is 0.246 e. The lowest BCUT2D eigenvalue weighted by Crippen LogP contribution is -2.33. The van der Waals surface area contributed by atoms with Crippen molar-refractivity contribution < 1.29 is 4.74 Å². The number of nitrogens with zero attached hydrogens (tertiary/aromatic N) is 1. The van der Waals surface area contributed by atoms with Crippen LogP contribution >= 0.6 is 11.8 Å². The third-order valence-corrected chi connectivity index (χ3v) is 3.94. The number of aliphatic imine (C=N–C) groups is 1. The predicted octanol–water partition coefficient (Wildman–Crippen LogP) is 2.83. The SMILES string of the molecule is CCN=C1OC2(CCCCC2)CS1. The Kier molecular flexibility index (Phi) is 2.82. The molecule has 1 heterocycles. The van der Waals surface area contributed by atoms with Crippen molar-refractivity contribution in [3.63, 3.8) is 0 Å². The zero-order valence-corrected chi connectivity index (χ0v) is 9.03. The molecular weight excluding hydrogens is 182 g/mol. The topological polar surface area (TPSA) is 21.6 Å². The normalized spacial score (nSPS) is 29.5. The van der Waals surface area contributed by atoms with E-state index < -0.39 is 0 Å². The Hall–Kier alpha value is -0.180. The van der Waals surface area contributed by atoms with Crippen LogP contribution in [0.1, 0.15) is 39.0 Å². The monoisotopic (exact) mass is 199 g/mol. The van der Waals surface area contributed by atoms with E-state index in [4.69, 9.17) is 4.74 Å². The molecule has 2 fully saturated rings. The first-order chi connectivity index (χ1) is 6.35. The molecule has 0 aromatic carbocycles. The van der Waals surface area contributed by atoms with Crippen molar-refractivity contribution in [3.05, 3.63) is 0 Å². The van der Waals surface area contributed by atoms with Gasteiger partial charge in [-0.25, -0.2) is 4.99 Å². The molecule has 0 atom stereocenters. The Labute approximate surface area is 84.1 Å². The molecule has 0 aromatic heterocycles. The Morgan fingerprint density at radius 3 is 2.85 bits per heavy atom. The van der Waals surface area contributed by atoms with Crippen molar-refractivity contribution in [1.82, 2.24) is 0 Å². The zero-order valence-electron chi connectivity index (χ0n) is 8.21. The second-order valence-corrected chi connectivity index (χ2v) is 4.80. The summed E-state index contributed by atoms with van der Waals surface area (Å²) in [6, 6.07) is 0. The molecule has 74 valence electrons. The molecule has 0 N–H and O–H groups in total. The van der Waals surface area contributed by atoms with Gasteiger partial charge in [0, 0.05) is 12.3 Å². The molecule has 1 aliphatic heterocycles. The zero-order chi connectivity index (χ0) is 9.15. The molecule has 2 nitrogen and oxygen atoms in total. The van der Waals surface area contributed by atoms with Crippen LogP contribution in [-0.2, 0) is 4.74 Å². The van der Waals surface area contributed by atoms with Gasteiger partial charge >= 0.3 is 0 Å². The van der Waals surface area contributed by atoms with Crippen LogP contribution in [0.3, 0.4) is 0 Å². The first kappa shape index (κ1) is 9.38. The summed E-state index contributed by atoms with van der Waals surface area (Å²) in [6.07, 6.45) is 6.53. The minimum Gasteiger partial charge on any atom is -0.466 e. The number of hydrogen-bond acceptors (Lipinski definition) is 3. The Morgan fingerprint density at radius 2 is 2.15 bits per heavy atom. The lowest BCUT2D eigenvalue weighted by molar-refractivity contribution is 0.0534. The van der Waals surface area contributed by atoms with Crippen LogP contribution in [0.2, 0.25) is 0 Å². The summed E-state index contributed by atoms with van der Waals surface area (Å²) in [5.41, 5.74) is 0.177. The highest BCUT2D eigenvalue weighted by atomic mass is 32.2. The van der Waals surface area contributed by atoms with Gasteiger partial charge in [0.25, 0.3) is 0 Å². The van der Waals surface area contributed by atoms with Gasteiger partial charge in [-0.3, -0.25) is 0 Å². The minimum absolute atomic E-state index is 0.177. The van der Waals surface area contributed by atoms with Gasteiger partial charge in [-0.2, -0.15) is 0 Å². The van der Waals surface area contributed by atoms with Crippen LogP contribution in [0.5, 0.6) is 0 Å². The van der Waals surface area contributed by atoms with Crippen LogP contribution in [0.4, 0.5) is 0 Å². The van der Waals surface area contributed by atoms with Crippen molar-refractivity contribution in [2.75, 3.05) is 12.3 Å². The van der Waals surface area contributed by atoms with E-state index in [1.165, 1.54) is 32.1 Å². The first-order valence-electron chi connectivity index (χ1n) is 5.21. The summed E-state index contributed by atoms with van der Waals surface area (Å²) >= 11 is 1.80. The molecule has 1 spiro atoms. The van der Waals surface area contributed by atoms with Crippen LogP contribution < -0.4 is 0 Å². The first-order valence-corrected chi connectivity index (χ1v) is 6.19. The largest absolute Gasteiger partial charge is 0.466 e. The van der Waals surface area contributed by atoms with Gasteiger partial charge in [0.2, 0.25) is 5.23 Å². The molecule has 0 unspecified atom stereocenters. The lowest BCUT2D eigenvalue weighted by atomic mass is 9.86. The number of hydrogen-bond donors (Lipinski definition) is 0. The van der Waals surface area contributed by atoms with Crippen LogP contribution in [-0.4, -0.2) is 23.1 Å². The minimum atomic E-state index is 0.177. The number of rotatable bonds is 1. The van der Waals surface area contributed by atoms with Crippen LogP contribution in [0.15, 0.2) is 4.99 Å². The molecule has 3 heteroatoms. The van der Waals surface area contributed by atoms with E-state index in [0.717, 1.165) is 17.5 Å². The second kappa shape index (κ2) is 3.91. The Morgan fingerprint density at radius 1 is 1.38 bits per heavy atom. The molecule has 1 saturated heterocycles. The second-order valence-electron chi connectivity index (χ2n) is 3.87. The van der Waals surface area contributed by atoms with E-state index in [0.29, 0.717) is 0 Å². The van der Waals surface area contributed by atoms with Gasteiger partial charge in [-0.15, -0.1) is 0 Å². The average molecular weight is 199 g/mol. The Balaban J connectivity index is 1.98. The highest BCUT2D eigenvalue weighted by Gasteiger charge is 2.40. The predicted molar refractivity (Wildman–Crippen MR) is 57.3 cm³/mol. The molecule has 2 rings (SSSR count). The van der Waals surface area contributed by atoms with Gasteiger partial charge in [-0.1, -0.05) is 18.2 Å². The van der Waals surface area contributed by atoms with Crippen molar-refractivity contribution >= 4 is 17.0 Å². The van der Waals surface area contributed by atoms with Gasteiger partial charge in [0.05, 0.1) is 0 Å². The highest BCUT2D eigenvalue weighted by Crippen LogP contribution is 2.40. The highest BCUT2D eigenvalue weighted by molar-refractivity contribution is 8.13. The van der Waals surface area contributed by atoms with Crippen molar-refractivity contribution in [3.8, 4) is 0 Å². The van der Waals surface area contributed by atoms with Gasteiger partial charge < -0.3 is 4.74 Å². The van der Waals surface area contributed by atoms with Gasteiger partial charge in [0.1, 0.15) is 5.60 Å². The van der Waals surface area contributed by atoms with Crippen molar-refractivity contribution in [2.24, 2.45) is 4.99 Å². The number of ether oxygens (including phenoxy) is 1. The quantitative estimate of drug-likeness (QED) is 0.647. The van der Waals surface area contributed by atoms with Gasteiger partial charge in [-0.05, 0) is 32.6 Å². The maximum atomic E-state index is 5.94. The molecule has 0 radical (unpaired) electrons. The molecule has 13 heavy (non-hydrogen) atoms. The van der Waals surface area contributed by atoms with E-state index >= 15 is 0 Å². The molecule has 0 bridgehead atoms. The molecule has 0 amide bonds. The van der Waals surface area contributed by atoms with E-state index in [-0.39, 0.29) is 5.60 Å². The van der Waals surface area contributed by atoms with Crippen molar-refractivity contribution in [1.29, 1.82) is 0 Å². The van der Waals surface area contributed by atoms with Gasteiger partial charge in [0.15, 0.2) is 0 Å². The standard InChI is InChI=1S/C10H17NOS/c1-2-11-9-12-10(8-13-9)6-4-3-5-7-10/h2-8H2,1H3. The molecular formula is C10H17NOS. The lowest BCUT2D eigenvalue weighted by Gasteiger charge is -2.31. The summed E-state index contributed by atoms with van der Waals surface area (Å²) in [4.78, 5) is 4.33. The fourth-order valence-corrected chi connectivity index (χ4v) is 3.28. The smallest absolute Gasteiger partial charge is 0.246 e.